The average molecular weight is 1160 g/mol. The lowest BCUT2D eigenvalue weighted by Gasteiger charge is -2.21. The monoisotopic (exact) mass is 1150 g/mol. The van der Waals surface area contributed by atoms with E-state index in [9.17, 15) is 49.1 Å². The minimum absolute atomic E-state index is 0.00202. The van der Waals surface area contributed by atoms with Crippen LogP contribution in [-0.4, -0.2) is 21.8 Å². The van der Waals surface area contributed by atoms with Crippen LogP contribution < -0.4 is 10.6 Å². The minimum atomic E-state index is -5.09. The second-order valence-electron chi connectivity index (χ2n) is 16.7. The molecule has 2 amide bonds. The molecular weight excluding hydrogens is 1120 g/mol. The predicted molar refractivity (Wildman–Crippen MR) is 274 cm³/mol. The number of benzene rings is 8. The molecule has 0 aliphatic rings. The Morgan fingerprint density at radius 3 is 1.16 bits per heavy atom. The van der Waals surface area contributed by atoms with Crippen LogP contribution in [0.4, 0.5) is 50.9 Å². The predicted octanol–water partition coefficient (Wildman–Crippen LogP) is 17.7. The largest absolute Gasteiger partial charge is 0.436 e. The number of carbonyl (C=O) groups is 2. The summed E-state index contributed by atoms with van der Waals surface area (Å²) in [6.45, 7) is 1.76. The van der Waals surface area contributed by atoms with Crippen molar-refractivity contribution >= 4 is 77.2 Å². The first-order valence-electron chi connectivity index (χ1n) is 22.2. The third kappa shape index (κ3) is 11.4. The molecule has 0 bridgehead atoms. The van der Waals surface area contributed by atoms with Gasteiger partial charge in [-0.3, -0.25) is 9.59 Å². The zero-order valence-corrected chi connectivity index (χ0v) is 41.5. The highest BCUT2D eigenvalue weighted by Gasteiger charge is 2.40. The number of hydrogen-bond acceptors (Lipinski definition) is 6. The van der Waals surface area contributed by atoms with E-state index in [0.29, 0.717) is 45.8 Å². The highest BCUT2D eigenvalue weighted by molar-refractivity contribution is 9.11. The number of hydrogen-bond donors (Lipinski definition) is 2. The summed E-state index contributed by atoms with van der Waals surface area (Å²) in [5, 5.41) is 4.71. The van der Waals surface area contributed by atoms with Crippen molar-refractivity contribution < 1.29 is 57.9 Å². The van der Waals surface area contributed by atoms with Gasteiger partial charge in [-0.05, 0) is 164 Å². The smallest absolute Gasteiger partial charge is 0.417 e. The maximum absolute atomic E-state index is 14.2. The van der Waals surface area contributed by atoms with E-state index in [2.05, 4.69) is 52.5 Å². The van der Waals surface area contributed by atoms with Crippen molar-refractivity contribution in [2.45, 2.75) is 25.5 Å². The number of anilines is 2. The van der Waals surface area contributed by atoms with Crippen LogP contribution in [0.3, 0.4) is 0 Å². The fourth-order valence-electron chi connectivity index (χ4n) is 8.03. The number of amides is 2. The molecule has 0 radical (unpaired) electrons. The molecular formula is C56H33Br2F9N4O4. The highest BCUT2D eigenvalue weighted by atomic mass is 79.9. The van der Waals surface area contributed by atoms with Gasteiger partial charge in [0.2, 0.25) is 11.8 Å². The third-order valence-corrected chi connectivity index (χ3v) is 12.9. The molecule has 10 rings (SSSR count). The number of nitrogens with zero attached hydrogens (tertiary/aromatic N) is 2. The average Bonchev–Trinajstić information content (AvgIpc) is 4.01. The molecule has 0 aliphatic heterocycles. The van der Waals surface area contributed by atoms with Gasteiger partial charge in [0.15, 0.2) is 11.2 Å². The zero-order valence-electron chi connectivity index (χ0n) is 38.4. The molecule has 2 heterocycles. The standard InChI is InChI=1S/C28H16Br2F6N2O2.C28H17F3N2O2/c29-21-11-17(19(27(31,32)33)13-23(21)37-25(39)15-7-3-1-4-8-15)18-12-22(30)24(14-20(18)28(34,35)36)38-26(40)16-9-5-2-6-10-16;1-16-12-22-24(34-26(32-22)17-8-4-2-5-9-17)13-19(16)20-14-25-23(15-21(20)28(29,30)31)33-27(35-25)18-10-6-3-7-11-18/h1-14H,(H,37,39)(H,38,40);2-15H,1H3. The van der Waals surface area contributed by atoms with Crippen LogP contribution in [0.15, 0.2) is 188 Å². The van der Waals surface area contributed by atoms with Gasteiger partial charge in [0.05, 0.1) is 28.1 Å². The Labute approximate surface area is 436 Å². The Morgan fingerprint density at radius 1 is 0.440 bits per heavy atom. The third-order valence-electron chi connectivity index (χ3n) is 11.6. The quantitative estimate of drug-likeness (QED) is 0.147. The van der Waals surface area contributed by atoms with E-state index in [-0.39, 0.29) is 54.0 Å². The van der Waals surface area contributed by atoms with Gasteiger partial charge in [0.25, 0.3) is 11.8 Å². The maximum atomic E-state index is 14.2. The van der Waals surface area contributed by atoms with Gasteiger partial charge in [-0.2, -0.15) is 39.5 Å². The topological polar surface area (TPSA) is 110 Å². The van der Waals surface area contributed by atoms with Crippen LogP contribution >= 0.6 is 31.9 Å². The van der Waals surface area contributed by atoms with Crippen molar-refractivity contribution in [1.29, 1.82) is 0 Å². The number of halogens is 11. The van der Waals surface area contributed by atoms with Crippen LogP contribution in [0.25, 0.3) is 67.4 Å². The summed E-state index contributed by atoms with van der Waals surface area (Å²) >= 11 is 6.16. The molecule has 0 aliphatic carbocycles. The summed E-state index contributed by atoms with van der Waals surface area (Å²) in [5.74, 6) is -0.744. The highest BCUT2D eigenvalue weighted by Crippen LogP contribution is 2.48. The van der Waals surface area contributed by atoms with Gasteiger partial charge in [-0.1, -0.05) is 72.8 Å². The number of rotatable bonds is 8. The van der Waals surface area contributed by atoms with Crippen molar-refractivity contribution in [1.82, 2.24) is 9.97 Å². The molecule has 0 fully saturated rings. The van der Waals surface area contributed by atoms with Gasteiger partial charge < -0.3 is 19.5 Å². The summed E-state index contributed by atoms with van der Waals surface area (Å²) in [7, 11) is 0. The summed E-state index contributed by atoms with van der Waals surface area (Å²) in [4.78, 5) is 33.9. The number of carbonyl (C=O) groups excluding carboxylic acids is 2. The van der Waals surface area contributed by atoms with Crippen LogP contribution in [0.2, 0.25) is 0 Å². The Balaban J connectivity index is 0.000000185. The summed E-state index contributed by atoms with van der Waals surface area (Å²) in [6, 6.07) is 42.4. The number of nitrogens with one attached hydrogen (secondary N) is 2. The molecule has 8 nitrogen and oxygen atoms in total. The van der Waals surface area contributed by atoms with E-state index in [0.717, 1.165) is 23.8 Å². The van der Waals surface area contributed by atoms with E-state index in [4.69, 9.17) is 8.83 Å². The lowest BCUT2D eigenvalue weighted by Crippen LogP contribution is -2.16. The zero-order chi connectivity index (χ0) is 53.4. The number of alkyl halides is 9. The molecule has 0 saturated carbocycles. The van der Waals surface area contributed by atoms with Gasteiger partial charge in [0, 0.05) is 31.2 Å². The molecule has 10 aromatic rings. The molecule has 2 N–H and O–H groups in total. The minimum Gasteiger partial charge on any atom is -0.436 e. The van der Waals surface area contributed by atoms with E-state index >= 15 is 0 Å². The van der Waals surface area contributed by atoms with E-state index in [1.807, 2.05) is 48.5 Å². The molecule has 75 heavy (non-hydrogen) atoms. The van der Waals surface area contributed by atoms with Crippen molar-refractivity contribution in [3.63, 3.8) is 0 Å². The van der Waals surface area contributed by atoms with Crippen LogP contribution in [0, 0.1) is 6.92 Å². The van der Waals surface area contributed by atoms with Gasteiger partial charge in [0.1, 0.15) is 11.0 Å². The SMILES string of the molecule is Cc1cc2nc(-c3ccccc3)oc2cc1-c1cc2oc(-c3ccccc3)nc2cc1C(F)(F)F.O=C(Nc1cc(C(F)(F)F)c(-c2cc(Br)c(NC(=O)c3ccccc3)cc2C(F)(F)F)cc1Br)c1ccccc1. The number of fused-ring (bicyclic) bond motifs is 2. The number of aryl methyl sites for hydroxylation is 1. The Morgan fingerprint density at radius 2 is 0.773 bits per heavy atom. The molecule has 378 valence electrons. The van der Waals surface area contributed by atoms with E-state index in [1.54, 1.807) is 67.6 Å². The van der Waals surface area contributed by atoms with Gasteiger partial charge >= 0.3 is 18.5 Å². The van der Waals surface area contributed by atoms with Crippen LogP contribution in [-0.2, 0) is 18.5 Å². The fraction of sp³-hybridized carbons (Fsp3) is 0.0714. The van der Waals surface area contributed by atoms with Crippen LogP contribution in [0.1, 0.15) is 43.0 Å². The first-order valence-corrected chi connectivity index (χ1v) is 23.8. The van der Waals surface area contributed by atoms with Gasteiger partial charge in [-0.25, -0.2) is 9.97 Å². The second-order valence-corrected chi connectivity index (χ2v) is 18.4. The maximum Gasteiger partial charge on any atom is 0.417 e. The van der Waals surface area contributed by atoms with Crippen molar-refractivity contribution in [2.75, 3.05) is 10.6 Å². The summed E-state index contributed by atoms with van der Waals surface area (Å²) in [6.07, 6.45) is -14.8. The Hall–Kier alpha value is -8.03. The summed E-state index contributed by atoms with van der Waals surface area (Å²) < 4.78 is 139. The van der Waals surface area contributed by atoms with Crippen LogP contribution in [0.5, 0.6) is 0 Å². The molecule has 0 unspecified atom stereocenters. The first-order chi connectivity index (χ1) is 35.6. The normalized spacial score (nSPS) is 11.8. The van der Waals surface area contributed by atoms with Crippen molar-refractivity contribution in [2.24, 2.45) is 0 Å². The van der Waals surface area contributed by atoms with E-state index < -0.39 is 58.2 Å². The molecule has 2 aromatic heterocycles. The van der Waals surface area contributed by atoms with E-state index in [1.165, 1.54) is 30.3 Å². The lowest BCUT2D eigenvalue weighted by atomic mass is 9.93. The molecule has 19 heteroatoms. The summed E-state index contributed by atoms with van der Waals surface area (Å²) in [5.41, 5.74) is -1.52. The Bertz CT molecular complexity index is 3630. The molecule has 0 atom stereocenters. The second kappa shape index (κ2) is 20.7. The van der Waals surface area contributed by atoms with Crippen molar-refractivity contribution in [3.8, 4) is 45.2 Å². The Kier molecular flexibility index (Phi) is 14.3. The molecule has 8 aromatic carbocycles. The first kappa shape index (κ1) is 51.9. The van der Waals surface area contributed by atoms with Crippen molar-refractivity contribution in [3.05, 3.63) is 212 Å². The fourth-order valence-corrected chi connectivity index (χ4v) is 8.91. The molecule has 0 spiro atoms. The molecule has 0 saturated heterocycles. The number of aromatic nitrogens is 2. The van der Waals surface area contributed by atoms with Gasteiger partial charge in [-0.15, -0.1) is 0 Å². The lowest BCUT2D eigenvalue weighted by molar-refractivity contribution is -0.139. The number of oxazole rings is 2.